The van der Waals surface area contributed by atoms with Crippen LogP contribution in [-0.4, -0.2) is 44.5 Å². The molecule has 8 nitrogen and oxygen atoms in total. The Balaban J connectivity index is 0.000000508. The van der Waals surface area contributed by atoms with Gasteiger partial charge in [0.2, 0.25) is 0 Å². The fourth-order valence-electron chi connectivity index (χ4n) is 1.99. The number of benzene rings is 1. The number of amides is 1. The number of rotatable bonds is 9. The standard InChI is InChI=1S/C9H16O2.C8H10AsNO5/c1-2-3-4-5-6-7-8-9(10)11;1-5(11)10-8-6(9(13,14)15)3-2-4-7(8)12/h2H,1,3-8H2,(H,10,11);2-4,12H,1H3,(H,10,11)(H2,13,14,15). The number of phenols is 1. The number of aromatic hydroxyl groups is 1. The Labute approximate surface area is 155 Å². The molecule has 146 valence electrons. The second-order valence-electron chi connectivity index (χ2n) is 5.53. The van der Waals surface area contributed by atoms with Gasteiger partial charge in [0.15, 0.2) is 0 Å². The van der Waals surface area contributed by atoms with Crippen molar-refractivity contribution in [3.8, 4) is 5.75 Å². The first-order valence-electron chi connectivity index (χ1n) is 8.08. The van der Waals surface area contributed by atoms with E-state index in [0.717, 1.165) is 32.1 Å². The number of unbranched alkanes of at least 4 members (excludes halogenated alkanes) is 4. The Morgan fingerprint density at radius 2 is 1.81 bits per heavy atom. The SMILES string of the molecule is C=CCCCCCCC(=O)O.CC(=O)Nc1c(O)cccc1[As](=O)(O)O. The van der Waals surface area contributed by atoms with Crippen LogP contribution < -0.4 is 9.67 Å². The van der Waals surface area contributed by atoms with Crippen molar-refractivity contribution in [1.29, 1.82) is 0 Å². The predicted octanol–water partition coefficient (Wildman–Crippen LogP) is 1.51. The molecule has 0 unspecified atom stereocenters. The van der Waals surface area contributed by atoms with Gasteiger partial charge in [-0.25, -0.2) is 0 Å². The number of carboxylic acids is 1. The zero-order valence-corrected chi connectivity index (χ0v) is 16.6. The number of allylic oxidation sites excluding steroid dienone is 1. The quantitative estimate of drug-likeness (QED) is 0.173. The van der Waals surface area contributed by atoms with Gasteiger partial charge in [-0.3, -0.25) is 4.79 Å². The van der Waals surface area contributed by atoms with Gasteiger partial charge in [-0.05, 0) is 19.3 Å². The van der Waals surface area contributed by atoms with Crippen molar-refractivity contribution in [2.75, 3.05) is 5.32 Å². The van der Waals surface area contributed by atoms with Crippen LogP contribution in [0.15, 0.2) is 30.9 Å². The topological polar surface area (TPSA) is 144 Å². The number of hydrogen-bond acceptors (Lipinski definition) is 4. The van der Waals surface area contributed by atoms with E-state index in [1.807, 2.05) is 6.08 Å². The summed E-state index contributed by atoms with van der Waals surface area (Å²) in [6.45, 7) is 4.80. The molecule has 1 rings (SSSR count). The summed E-state index contributed by atoms with van der Waals surface area (Å²) < 4.78 is 28.8. The summed E-state index contributed by atoms with van der Waals surface area (Å²) in [5, 5.41) is 19.8. The van der Waals surface area contributed by atoms with Crippen molar-refractivity contribution in [1.82, 2.24) is 0 Å². The second-order valence-corrected chi connectivity index (χ2v) is 8.83. The van der Waals surface area contributed by atoms with Crippen LogP contribution in [0.25, 0.3) is 0 Å². The molecule has 0 fully saturated rings. The van der Waals surface area contributed by atoms with Gasteiger partial charge in [-0.2, -0.15) is 0 Å². The van der Waals surface area contributed by atoms with Crippen molar-refractivity contribution < 1.29 is 31.7 Å². The van der Waals surface area contributed by atoms with Crippen LogP contribution in [-0.2, 0) is 13.3 Å². The first-order valence-corrected chi connectivity index (χ1v) is 11.5. The summed E-state index contributed by atoms with van der Waals surface area (Å²) in [6.07, 6.45) is 7.37. The van der Waals surface area contributed by atoms with E-state index in [9.17, 15) is 18.4 Å². The van der Waals surface area contributed by atoms with E-state index >= 15 is 0 Å². The van der Waals surface area contributed by atoms with Crippen LogP contribution in [0.1, 0.15) is 45.4 Å². The fraction of sp³-hybridized carbons (Fsp3) is 0.412. The molecule has 9 heteroatoms. The van der Waals surface area contributed by atoms with Gasteiger partial charge in [-0.15, -0.1) is 6.58 Å². The molecule has 0 saturated carbocycles. The third kappa shape index (κ3) is 10.8. The summed E-state index contributed by atoms with van der Waals surface area (Å²) in [5.41, 5.74) is -0.225. The van der Waals surface area contributed by atoms with E-state index in [1.165, 1.54) is 25.1 Å². The molecule has 0 bridgehead atoms. The van der Waals surface area contributed by atoms with Crippen LogP contribution in [0.2, 0.25) is 0 Å². The Hall–Kier alpha value is -2.02. The van der Waals surface area contributed by atoms with Crippen molar-refractivity contribution in [2.24, 2.45) is 0 Å². The Morgan fingerprint density at radius 3 is 2.31 bits per heavy atom. The van der Waals surface area contributed by atoms with Gasteiger partial charge in [0, 0.05) is 6.42 Å². The summed E-state index contributed by atoms with van der Waals surface area (Å²) >= 11 is -5.14. The molecule has 0 saturated heterocycles. The van der Waals surface area contributed by atoms with Crippen LogP contribution in [0.3, 0.4) is 0 Å². The average Bonchev–Trinajstić information content (AvgIpc) is 2.51. The molecule has 1 aromatic rings. The first kappa shape index (κ1) is 24.0. The molecule has 0 radical (unpaired) electrons. The Bertz CT molecular complexity index is 655. The van der Waals surface area contributed by atoms with E-state index in [4.69, 9.17) is 13.3 Å². The summed E-state index contributed by atoms with van der Waals surface area (Å²) in [5.74, 6) is -1.57. The first-order chi connectivity index (χ1) is 12.1. The number of carboxylic acid groups (broad SMARTS) is 1. The Morgan fingerprint density at radius 1 is 1.19 bits per heavy atom. The Kier molecular flexibility index (Phi) is 11.4. The number of carbonyl (C=O) groups excluding carboxylic acids is 1. The molecule has 0 spiro atoms. The molecule has 5 N–H and O–H groups in total. The van der Waals surface area contributed by atoms with E-state index in [-0.39, 0.29) is 15.8 Å². The van der Waals surface area contributed by atoms with Crippen LogP contribution in [0, 0.1) is 0 Å². The summed E-state index contributed by atoms with van der Waals surface area (Å²) in [6, 6.07) is 3.71. The number of nitrogens with one attached hydrogen (secondary N) is 1. The van der Waals surface area contributed by atoms with Crippen LogP contribution >= 0.6 is 0 Å². The second kappa shape index (κ2) is 12.4. The zero-order valence-electron chi connectivity index (χ0n) is 14.7. The number of anilines is 1. The van der Waals surface area contributed by atoms with E-state index in [2.05, 4.69) is 11.9 Å². The fourth-order valence-corrected chi connectivity index (χ4v) is 3.55. The van der Waals surface area contributed by atoms with E-state index in [0.29, 0.717) is 6.42 Å². The van der Waals surface area contributed by atoms with Crippen molar-refractivity contribution in [3.05, 3.63) is 30.9 Å². The van der Waals surface area contributed by atoms with Gasteiger partial charge in [0.05, 0.1) is 0 Å². The monoisotopic (exact) mass is 431 g/mol. The summed E-state index contributed by atoms with van der Waals surface area (Å²) in [4.78, 5) is 20.8. The van der Waals surface area contributed by atoms with Crippen LogP contribution in [0.4, 0.5) is 5.69 Å². The molecule has 0 heterocycles. The third-order valence-corrected chi connectivity index (χ3v) is 5.28. The molecular weight excluding hydrogens is 405 g/mol. The van der Waals surface area contributed by atoms with Crippen molar-refractivity contribution >= 4 is 36.1 Å². The van der Waals surface area contributed by atoms with Crippen molar-refractivity contribution in [3.63, 3.8) is 0 Å². The normalized spacial score (nSPS) is 10.4. The number of aliphatic carboxylic acids is 1. The molecule has 0 atom stereocenters. The number of phenolic OH excluding ortho intramolecular Hbond substituents is 1. The van der Waals surface area contributed by atoms with E-state index in [1.54, 1.807) is 0 Å². The summed E-state index contributed by atoms with van der Waals surface area (Å²) in [7, 11) is 0. The maximum atomic E-state index is 11.1. The van der Waals surface area contributed by atoms with Gasteiger partial charge in [0.1, 0.15) is 0 Å². The van der Waals surface area contributed by atoms with Gasteiger partial charge >= 0.3 is 94.1 Å². The average molecular weight is 431 g/mol. The molecule has 1 aromatic carbocycles. The number of para-hydroxylation sites is 1. The molecule has 0 aromatic heterocycles. The number of hydrogen-bond donors (Lipinski definition) is 5. The zero-order chi connectivity index (χ0) is 20.2. The number of carbonyl (C=O) groups is 2. The third-order valence-electron chi connectivity index (χ3n) is 3.18. The molecular formula is C17H26AsNO7. The minimum absolute atomic E-state index is 0.225. The predicted molar refractivity (Wildman–Crippen MR) is 98.5 cm³/mol. The molecule has 0 aliphatic carbocycles. The molecule has 0 aliphatic rings. The van der Waals surface area contributed by atoms with Crippen LogP contribution in [0.5, 0.6) is 5.75 Å². The van der Waals surface area contributed by atoms with Crippen molar-refractivity contribution in [2.45, 2.75) is 45.4 Å². The van der Waals surface area contributed by atoms with Gasteiger partial charge < -0.3 is 5.11 Å². The van der Waals surface area contributed by atoms with Gasteiger partial charge in [0.25, 0.3) is 0 Å². The van der Waals surface area contributed by atoms with E-state index < -0.39 is 26.0 Å². The molecule has 0 aliphatic heterocycles. The maximum absolute atomic E-state index is 11.1. The molecule has 26 heavy (non-hydrogen) atoms. The molecule has 1 amide bonds. The van der Waals surface area contributed by atoms with Gasteiger partial charge in [-0.1, -0.05) is 18.9 Å². The minimum atomic E-state index is -5.14.